The van der Waals surface area contributed by atoms with Crippen LogP contribution in [0, 0.1) is 5.92 Å². The summed E-state index contributed by atoms with van der Waals surface area (Å²) in [4.78, 5) is 0. The van der Waals surface area contributed by atoms with Crippen LogP contribution >= 0.6 is 0 Å². The Kier molecular flexibility index (Phi) is 3.88. The maximum atomic E-state index is 10.5. The van der Waals surface area contributed by atoms with Crippen molar-refractivity contribution >= 4 is 6.08 Å². The Hall–Kier alpha value is -1.60. The summed E-state index contributed by atoms with van der Waals surface area (Å²) in [6, 6.07) is 6.29. The zero-order valence-electron chi connectivity index (χ0n) is 12.0. The van der Waals surface area contributed by atoms with Gasteiger partial charge in [-0.3, -0.25) is 0 Å². The third kappa shape index (κ3) is 2.64. The Morgan fingerprint density at radius 3 is 2.85 bits per heavy atom. The van der Waals surface area contributed by atoms with Crippen LogP contribution in [0.25, 0.3) is 6.08 Å². The standard InChI is InChI=1S/C19H22O/c1-14(15-6-2-3-7-15)12-13-19(20)18-11-5-9-16-8-4-10-17(16)18/h2-6,9-11,14,19-20H,7-8,12-13H2,1H3. The van der Waals surface area contributed by atoms with Crippen LogP contribution in [-0.2, 0) is 6.42 Å². The number of aliphatic hydroxyl groups is 1. The topological polar surface area (TPSA) is 20.2 Å². The molecule has 0 heterocycles. The van der Waals surface area contributed by atoms with Crippen molar-refractivity contribution < 1.29 is 5.11 Å². The second-order valence-corrected chi connectivity index (χ2v) is 5.89. The van der Waals surface area contributed by atoms with Gasteiger partial charge in [-0.1, -0.05) is 61.1 Å². The predicted molar refractivity (Wildman–Crippen MR) is 84.4 cm³/mol. The molecule has 0 fully saturated rings. The first-order chi connectivity index (χ1) is 9.75. The summed E-state index contributed by atoms with van der Waals surface area (Å²) < 4.78 is 0. The van der Waals surface area contributed by atoms with Gasteiger partial charge in [-0.2, -0.15) is 0 Å². The minimum absolute atomic E-state index is 0.342. The molecule has 2 unspecified atom stereocenters. The molecule has 20 heavy (non-hydrogen) atoms. The van der Waals surface area contributed by atoms with Gasteiger partial charge in [-0.15, -0.1) is 0 Å². The molecule has 3 rings (SSSR count). The molecule has 2 aliphatic rings. The molecule has 1 nitrogen and oxygen atoms in total. The molecule has 0 saturated carbocycles. The molecule has 1 aromatic rings. The monoisotopic (exact) mass is 266 g/mol. The van der Waals surface area contributed by atoms with Gasteiger partial charge in [0, 0.05) is 0 Å². The number of aliphatic hydroxyl groups excluding tert-OH is 1. The lowest BCUT2D eigenvalue weighted by Gasteiger charge is -2.18. The molecule has 1 aromatic carbocycles. The molecular weight excluding hydrogens is 244 g/mol. The fourth-order valence-corrected chi connectivity index (χ4v) is 3.19. The van der Waals surface area contributed by atoms with E-state index in [4.69, 9.17) is 0 Å². The van der Waals surface area contributed by atoms with E-state index in [1.165, 1.54) is 16.7 Å². The summed E-state index contributed by atoms with van der Waals surface area (Å²) in [6.07, 6.45) is 14.5. The van der Waals surface area contributed by atoms with Gasteiger partial charge in [0.25, 0.3) is 0 Å². The third-order valence-electron chi connectivity index (χ3n) is 4.52. The third-order valence-corrected chi connectivity index (χ3v) is 4.52. The molecule has 2 atom stereocenters. The van der Waals surface area contributed by atoms with Crippen LogP contribution in [0.4, 0.5) is 0 Å². The van der Waals surface area contributed by atoms with E-state index in [0.717, 1.165) is 31.2 Å². The lowest BCUT2D eigenvalue weighted by molar-refractivity contribution is 0.160. The van der Waals surface area contributed by atoms with Crippen molar-refractivity contribution in [3.05, 3.63) is 64.8 Å². The molecule has 1 heteroatoms. The van der Waals surface area contributed by atoms with E-state index in [1.54, 1.807) is 0 Å². The van der Waals surface area contributed by atoms with Gasteiger partial charge >= 0.3 is 0 Å². The minimum atomic E-state index is -0.342. The molecule has 104 valence electrons. The highest BCUT2D eigenvalue weighted by Gasteiger charge is 2.18. The first-order valence-corrected chi connectivity index (χ1v) is 7.57. The molecular formula is C19H22O. The maximum absolute atomic E-state index is 10.5. The average molecular weight is 266 g/mol. The Labute approximate surface area is 121 Å². The molecule has 0 amide bonds. The first-order valence-electron chi connectivity index (χ1n) is 7.57. The van der Waals surface area contributed by atoms with Crippen LogP contribution < -0.4 is 0 Å². The van der Waals surface area contributed by atoms with Crippen molar-refractivity contribution in [3.8, 4) is 0 Å². The zero-order valence-corrected chi connectivity index (χ0v) is 12.0. The smallest absolute Gasteiger partial charge is 0.0796 e. The van der Waals surface area contributed by atoms with Crippen molar-refractivity contribution in [1.82, 2.24) is 0 Å². The van der Waals surface area contributed by atoms with E-state index in [0.29, 0.717) is 5.92 Å². The molecule has 0 saturated heterocycles. The highest BCUT2D eigenvalue weighted by atomic mass is 16.3. The molecule has 0 aromatic heterocycles. The van der Waals surface area contributed by atoms with Crippen LogP contribution in [0.1, 0.15) is 49.0 Å². The lowest BCUT2D eigenvalue weighted by atomic mass is 9.90. The van der Waals surface area contributed by atoms with Gasteiger partial charge in [0.15, 0.2) is 0 Å². The predicted octanol–water partition coefficient (Wildman–Crippen LogP) is 4.59. The fraction of sp³-hybridized carbons (Fsp3) is 0.368. The number of hydrogen-bond acceptors (Lipinski definition) is 1. The van der Waals surface area contributed by atoms with Gasteiger partial charge in [-0.05, 0) is 48.3 Å². The Balaban J connectivity index is 1.64. The quantitative estimate of drug-likeness (QED) is 0.826. The van der Waals surface area contributed by atoms with Gasteiger partial charge in [-0.25, -0.2) is 0 Å². The van der Waals surface area contributed by atoms with Crippen LogP contribution in [0.15, 0.2) is 48.1 Å². The van der Waals surface area contributed by atoms with E-state index in [1.807, 2.05) is 0 Å². The van der Waals surface area contributed by atoms with Gasteiger partial charge < -0.3 is 5.11 Å². The SMILES string of the molecule is CC(CCC(O)c1cccc2c1C=CC2)C1=CC=CC1. The highest BCUT2D eigenvalue weighted by Crippen LogP contribution is 2.32. The second-order valence-electron chi connectivity index (χ2n) is 5.89. The molecule has 0 aliphatic heterocycles. The summed E-state index contributed by atoms with van der Waals surface area (Å²) in [5.41, 5.74) is 5.18. The number of rotatable bonds is 5. The largest absolute Gasteiger partial charge is 0.388 e. The average Bonchev–Trinajstić information content (AvgIpc) is 3.13. The summed E-state index contributed by atoms with van der Waals surface area (Å²) in [6.45, 7) is 2.26. The number of benzene rings is 1. The van der Waals surface area contributed by atoms with E-state index in [9.17, 15) is 5.11 Å². The van der Waals surface area contributed by atoms with Crippen molar-refractivity contribution in [2.75, 3.05) is 0 Å². The van der Waals surface area contributed by atoms with Crippen LogP contribution in [-0.4, -0.2) is 5.11 Å². The van der Waals surface area contributed by atoms with Crippen molar-refractivity contribution in [1.29, 1.82) is 0 Å². The number of hydrogen-bond donors (Lipinski definition) is 1. The normalized spacial score (nSPS) is 19.0. The molecule has 2 aliphatic carbocycles. The molecule has 0 spiro atoms. The molecule has 0 radical (unpaired) electrons. The minimum Gasteiger partial charge on any atom is -0.388 e. The van der Waals surface area contributed by atoms with E-state index >= 15 is 0 Å². The highest BCUT2D eigenvalue weighted by molar-refractivity contribution is 5.63. The Morgan fingerprint density at radius 2 is 2.05 bits per heavy atom. The zero-order chi connectivity index (χ0) is 13.9. The van der Waals surface area contributed by atoms with Crippen molar-refractivity contribution in [3.63, 3.8) is 0 Å². The van der Waals surface area contributed by atoms with E-state index in [-0.39, 0.29) is 6.10 Å². The second kappa shape index (κ2) is 5.80. The van der Waals surface area contributed by atoms with Crippen molar-refractivity contribution in [2.24, 2.45) is 5.92 Å². The van der Waals surface area contributed by atoms with Crippen molar-refractivity contribution in [2.45, 2.75) is 38.7 Å². The van der Waals surface area contributed by atoms with E-state index < -0.39 is 0 Å². The number of fused-ring (bicyclic) bond motifs is 1. The molecule has 0 bridgehead atoms. The Morgan fingerprint density at radius 1 is 1.15 bits per heavy atom. The first kappa shape index (κ1) is 13.4. The van der Waals surface area contributed by atoms with Crippen LogP contribution in [0.5, 0.6) is 0 Å². The summed E-state index contributed by atoms with van der Waals surface area (Å²) in [7, 11) is 0. The summed E-state index contributed by atoms with van der Waals surface area (Å²) in [5.74, 6) is 0.562. The lowest BCUT2D eigenvalue weighted by Crippen LogP contribution is -2.05. The summed E-state index contributed by atoms with van der Waals surface area (Å²) in [5, 5.41) is 10.5. The Bertz CT molecular complexity index is 577. The van der Waals surface area contributed by atoms with Gasteiger partial charge in [0.2, 0.25) is 0 Å². The van der Waals surface area contributed by atoms with Crippen LogP contribution in [0.3, 0.4) is 0 Å². The van der Waals surface area contributed by atoms with E-state index in [2.05, 4.69) is 55.5 Å². The fourth-order valence-electron chi connectivity index (χ4n) is 3.19. The summed E-state index contributed by atoms with van der Waals surface area (Å²) >= 11 is 0. The number of allylic oxidation sites excluding steroid dienone is 5. The maximum Gasteiger partial charge on any atom is 0.0796 e. The molecule has 1 N–H and O–H groups in total. The van der Waals surface area contributed by atoms with Gasteiger partial charge in [0.05, 0.1) is 6.10 Å². The van der Waals surface area contributed by atoms with Gasteiger partial charge in [0.1, 0.15) is 0 Å². The van der Waals surface area contributed by atoms with Crippen LogP contribution in [0.2, 0.25) is 0 Å².